The molecule has 12 heteroatoms. The fourth-order valence-corrected chi connectivity index (χ4v) is 4.75. The van der Waals surface area contributed by atoms with Gasteiger partial charge in [0.05, 0.1) is 29.0 Å². The van der Waals surface area contributed by atoms with Crippen LogP contribution in [0, 0.1) is 17.5 Å². The molecule has 0 bridgehead atoms. The summed E-state index contributed by atoms with van der Waals surface area (Å²) in [6.07, 6.45) is 1.05. The molecular formula is C23H15ClF3NO6S. The van der Waals surface area contributed by atoms with Crippen molar-refractivity contribution in [1.29, 1.82) is 0 Å². The Balaban J connectivity index is 1.52. The van der Waals surface area contributed by atoms with E-state index in [1.807, 2.05) is 0 Å². The van der Waals surface area contributed by atoms with E-state index < -0.39 is 63.4 Å². The number of halogens is 4. The fourth-order valence-electron chi connectivity index (χ4n) is 3.72. The van der Waals surface area contributed by atoms with Gasteiger partial charge >= 0.3 is 11.9 Å². The third kappa shape index (κ3) is 4.30. The second kappa shape index (κ2) is 9.40. The van der Waals surface area contributed by atoms with Crippen LogP contribution in [-0.4, -0.2) is 41.5 Å². The summed E-state index contributed by atoms with van der Waals surface area (Å²) in [6, 6.07) is 3.46. The van der Waals surface area contributed by atoms with Gasteiger partial charge in [-0.05, 0) is 36.6 Å². The number of benzene rings is 1. The lowest BCUT2D eigenvalue weighted by Crippen LogP contribution is -2.37. The van der Waals surface area contributed by atoms with Gasteiger partial charge in [-0.15, -0.1) is 11.3 Å². The maximum atomic E-state index is 14.4. The number of hydrogen-bond donors (Lipinski definition) is 1. The van der Waals surface area contributed by atoms with Gasteiger partial charge in [0.25, 0.3) is 0 Å². The summed E-state index contributed by atoms with van der Waals surface area (Å²) >= 11 is 6.40. The molecule has 0 amide bonds. The van der Waals surface area contributed by atoms with Gasteiger partial charge in [-0.2, -0.15) is 0 Å². The van der Waals surface area contributed by atoms with E-state index in [1.54, 1.807) is 0 Å². The number of esters is 2. The van der Waals surface area contributed by atoms with Crippen molar-refractivity contribution in [2.24, 2.45) is 0 Å². The number of Topliss-reactive ketones (excluding diaryl/α,β-unsaturated/α-hetero) is 1. The number of rotatable bonds is 6. The van der Waals surface area contributed by atoms with Crippen LogP contribution in [0.25, 0.3) is 11.1 Å². The van der Waals surface area contributed by atoms with Crippen molar-refractivity contribution in [3.05, 3.63) is 73.9 Å². The van der Waals surface area contributed by atoms with Crippen LogP contribution in [0.3, 0.4) is 0 Å². The number of nitrogens with zero attached hydrogens (tertiary/aromatic N) is 1. The second-order valence-corrected chi connectivity index (χ2v) is 8.88. The molecule has 3 aromatic rings. The highest BCUT2D eigenvalue weighted by atomic mass is 35.5. The second-order valence-electron chi connectivity index (χ2n) is 7.59. The van der Waals surface area contributed by atoms with Crippen LogP contribution in [0.15, 0.2) is 29.8 Å². The van der Waals surface area contributed by atoms with Crippen LogP contribution in [-0.2, 0) is 26.3 Å². The lowest BCUT2D eigenvalue weighted by molar-refractivity contribution is -0.165. The predicted octanol–water partition coefficient (Wildman–Crippen LogP) is 4.23. The molecule has 4 rings (SSSR count). The van der Waals surface area contributed by atoms with Gasteiger partial charge in [-0.3, -0.25) is 9.78 Å². The van der Waals surface area contributed by atoms with Crippen molar-refractivity contribution < 1.29 is 42.1 Å². The van der Waals surface area contributed by atoms with Crippen LogP contribution >= 0.6 is 22.9 Å². The molecule has 0 aliphatic heterocycles. The predicted molar refractivity (Wildman–Crippen MR) is 118 cm³/mol. The Kier molecular flexibility index (Phi) is 6.67. The first-order valence-corrected chi connectivity index (χ1v) is 11.3. The van der Waals surface area contributed by atoms with Crippen molar-refractivity contribution in [1.82, 2.24) is 4.98 Å². The molecule has 1 aromatic carbocycles. The van der Waals surface area contributed by atoms with E-state index in [9.17, 15) is 32.7 Å². The topological polar surface area (TPSA) is 103 Å². The zero-order valence-corrected chi connectivity index (χ0v) is 19.4. The van der Waals surface area contributed by atoms with E-state index in [0.717, 1.165) is 30.8 Å². The maximum absolute atomic E-state index is 14.4. The van der Waals surface area contributed by atoms with Crippen molar-refractivity contribution in [2.45, 2.75) is 18.4 Å². The SMILES string of the molecule is COC(=O)c1scc(C(=O)COC(=O)C2(O)CCc3cc(-c4c(F)ccc(Cl)c4F)cnc32)c1F. The molecule has 1 aliphatic carbocycles. The van der Waals surface area contributed by atoms with Gasteiger partial charge in [0, 0.05) is 17.1 Å². The average molecular weight is 526 g/mol. The van der Waals surface area contributed by atoms with E-state index >= 15 is 0 Å². The monoisotopic (exact) mass is 525 g/mol. The molecule has 0 spiro atoms. The molecule has 2 heterocycles. The standard InChI is InChI=1S/C23H15ClF3NO6S/c1-33-21(30)19-17(26)12(9-35-19)15(29)8-34-22(31)23(32)5-4-10-6-11(7-28-20(10)23)16-14(25)3-2-13(24)18(16)27/h2-3,6-7,9,32H,4-5,8H2,1H3. The number of thiophene rings is 1. The van der Waals surface area contributed by atoms with Gasteiger partial charge in [0.1, 0.15) is 10.7 Å². The molecule has 1 aliphatic rings. The largest absolute Gasteiger partial charge is 0.465 e. The summed E-state index contributed by atoms with van der Waals surface area (Å²) in [5, 5.41) is 11.7. The molecule has 0 fully saturated rings. The molecule has 35 heavy (non-hydrogen) atoms. The highest BCUT2D eigenvalue weighted by Gasteiger charge is 2.47. The van der Waals surface area contributed by atoms with E-state index in [-0.39, 0.29) is 29.1 Å². The minimum Gasteiger partial charge on any atom is -0.465 e. The molecule has 7 nitrogen and oxygen atoms in total. The number of pyridine rings is 1. The summed E-state index contributed by atoms with van der Waals surface area (Å²) in [5.74, 6) is -6.02. The summed E-state index contributed by atoms with van der Waals surface area (Å²) in [7, 11) is 1.06. The molecular weight excluding hydrogens is 511 g/mol. The number of fused-ring (bicyclic) bond motifs is 1. The van der Waals surface area contributed by atoms with Crippen LogP contribution in [0.1, 0.15) is 37.7 Å². The number of carbonyl (C=O) groups is 3. The fraction of sp³-hybridized carbons (Fsp3) is 0.217. The number of aliphatic hydroxyl groups is 1. The average Bonchev–Trinajstić information content (AvgIpc) is 3.40. The zero-order valence-electron chi connectivity index (χ0n) is 17.9. The smallest absolute Gasteiger partial charge is 0.351 e. The van der Waals surface area contributed by atoms with Crippen LogP contribution in [0.4, 0.5) is 13.2 Å². The summed E-state index contributed by atoms with van der Waals surface area (Å²) in [4.78, 5) is 40.1. The Morgan fingerprint density at radius 3 is 2.69 bits per heavy atom. The van der Waals surface area contributed by atoms with Crippen LogP contribution < -0.4 is 0 Å². The third-order valence-electron chi connectivity index (χ3n) is 5.52. The van der Waals surface area contributed by atoms with E-state index in [0.29, 0.717) is 16.9 Å². The highest BCUT2D eigenvalue weighted by Crippen LogP contribution is 2.39. The zero-order chi connectivity index (χ0) is 25.5. The molecule has 182 valence electrons. The lowest BCUT2D eigenvalue weighted by atomic mass is 9.99. The van der Waals surface area contributed by atoms with E-state index in [2.05, 4.69) is 9.72 Å². The normalized spacial score (nSPS) is 16.6. The highest BCUT2D eigenvalue weighted by molar-refractivity contribution is 7.12. The summed E-state index contributed by atoms with van der Waals surface area (Å²) in [6.45, 7) is -0.901. The number of aryl methyl sites for hydroxylation is 1. The molecule has 0 radical (unpaired) electrons. The van der Waals surface area contributed by atoms with Crippen molar-refractivity contribution >= 4 is 40.7 Å². The number of methoxy groups -OCH3 is 1. The molecule has 0 saturated carbocycles. The Labute approximate surface area is 205 Å². The van der Waals surface area contributed by atoms with Crippen molar-refractivity contribution in [3.8, 4) is 11.1 Å². The number of ketones is 1. The minimum absolute atomic E-state index is 0.0587. The first kappa shape index (κ1) is 24.8. The number of aromatic nitrogens is 1. The van der Waals surface area contributed by atoms with Crippen LogP contribution in [0.2, 0.25) is 5.02 Å². The molecule has 2 aromatic heterocycles. The number of hydrogen-bond acceptors (Lipinski definition) is 8. The first-order valence-electron chi connectivity index (χ1n) is 9.99. The summed E-state index contributed by atoms with van der Waals surface area (Å²) in [5.41, 5.74) is -2.77. The summed E-state index contributed by atoms with van der Waals surface area (Å²) < 4.78 is 52.3. The van der Waals surface area contributed by atoms with Gasteiger partial charge in [0.15, 0.2) is 18.2 Å². The van der Waals surface area contributed by atoms with Gasteiger partial charge in [-0.25, -0.2) is 22.8 Å². The quantitative estimate of drug-likeness (QED) is 0.292. The third-order valence-corrected chi connectivity index (χ3v) is 6.75. The molecule has 1 N–H and O–H groups in total. The maximum Gasteiger partial charge on any atom is 0.351 e. The van der Waals surface area contributed by atoms with Crippen molar-refractivity contribution in [2.75, 3.05) is 13.7 Å². The van der Waals surface area contributed by atoms with Gasteiger partial charge < -0.3 is 14.6 Å². The van der Waals surface area contributed by atoms with E-state index in [1.165, 1.54) is 6.07 Å². The van der Waals surface area contributed by atoms with Crippen molar-refractivity contribution in [3.63, 3.8) is 0 Å². The minimum atomic E-state index is -2.22. The Morgan fingerprint density at radius 1 is 1.23 bits per heavy atom. The van der Waals surface area contributed by atoms with Gasteiger partial charge in [0.2, 0.25) is 11.4 Å². The Bertz CT molecular complexity index is 1380. The van der Waals surface area contributed by atoms with E-state index in [4.69, 9.17) is 16.3 Å². The first-order chi connectivity index (χ1) is 16.6. The Morgan fingerprint density at radius 2 is 1.97 bits per heavy atom. The molecule has 1 unspecified atom stereocenters. The Hall–Kier alpha value is -3.28. The van der Waals surface area contributed by atoms with Gasteiger partial charge in [-0.1, -0.05) is 11.6 Å². The van der Waals surface area contributed by atoms with Crippen LogP contribution in [0.5, 0.6) is 0 Å². The molecule has 1 atom stereocenters. The lowest BCUT2D eigenvalue weighted by Gasteiger charge is -2.20. The number of carbonyl (C=O) groups excluding carboxylic acids is 3. The number of ether oxygens (including phenoxy) is 2. The molecule has 0 saturated heterocycles.